The molecular formula is C18H22FNO. The van der Waals surface area contributed by atoms with Crippen LogP contribution in [0, 0.1) is 5.82 Å². The highest BCUT2D eigenvalue weighted by molar-refractivity contribution is 5.38. The summed E-state index contributed by atoms with van der Waals surface area (Å²) in [6, 6.07) is 13.6. The number of rotatable bonds is 6. The van der Waals surface area contributed by atoms with E-state index in [4.69, 9.17) is 4.74 Å². The Morgan fingerprint density at radius 3 is 2.52 bits per heavy atom. The molecule has 0 aliphatic carbocycles. The van der Waals surface area contributed by atoms with Crippen LogP contribution in [0.1, 0.15) is 36.6 Å². The summed E-state index contributed by atoms with van der Waals surface area (Å²) in [4.78, 5) is 0. The van der Waals surface area contributed by atoms with Gasteiger partial charge in [-0.2, -0.15) is 0 Å². The Bertz CT molecular complexity index is 598. The molecule has 0 radical (unpaired) electrons. The Balaban J connectivity index is 2.42. The van der Waals surface area contributed by atoms with Crippen molar-refractivity contribution in [2.75, 3.05) is 13.7 Å². The molecule has 1 atom stereocenters. The van der Waals surface area contributed by atoms with E-state index in [9.17, 15) is 4.39 Å². The molecule has 112 valence electrons. The highest BCUT2D eigenvalue weighted by Gasteiger charge is 2.15. The Morgan fingerprint density at radius 2 is 1.86 bits per heavy atom. The average Bonchev–Trinajstić information content (AvgIpc) is 2.53. The number of methoxy groups -OCH3 is 1. The maximum atomic E-state index is 13.6. The number of nitrogens with one attached hydrogen (secondary N) is 1. The molecule has 0 heterocycles. The van der Waals surface area contributed by atoms with Gasteiger partial charge in [0.05, 0.1) is 13.2 Å². The van der Waals surface area contributed by atoms with Crippen molar-refractivity contribution in [2.45, 2.75) is 26.3 Å². The lowest BCUT2D eigenvalue weighted by Crippen LogP contribution is -2.22. The van der Waals surface area contributed by atoms with Crippen LogP contribution in [0.2, 0.25) is 0 Å². The molecule has 0 aliphatic heterocycles. The summed E-state index contributed by atoms with van der Waals surface area (Å²) in [7, 11) is 1.49. The molecule has 0 spiro atoms. The van der Waals surface area contributed by atoms with E-state index < -0.39 is 0 Å². The Kier molecular flexibility index (Phi) is 5.34. The molecule has 1 unspecified atom stereocenters. The molecule has 0 saturated heterocycles. The smallest absolute Gasteiger partial charge is 0.165 e. The third kappa shape index (κ3) is 3.61. The van der Waals surface area contributed by atoms with Gasteiger partial charge in [-0.1, -0.05) is 44.2 Å². The van der Waals surface area contributed by atoms with Crippen LogP contribution in [0.15, 0.2) is 42.5 Å². The molecule has 2 nitrogen and oxygen atoms in total. The lowest BCUT2D eigenvalue weighted by atomic mass is 9.96. The molecular weight excluding hydrogens is 265 g/mol. The summed E-state index contributed by atoms with van der Waals surface area (Å²) in [5.41, 5.74) is 3.48. The van der Waals surface area contributed by atoms with Crippen molar-refractivity contribution >= 4 is 0 Å². The van der Waals surface area contributed by atoms with Crippen LogP contribution >= 0.6 is 0 Å². The van der Waals surface area contributed by atoms with Crippen LogP contribution in [0.5, 0.6) is 5.75 Å². The lowest BCUT2D eigenvalue weighted by Gasteiger charge is -2.20. The summed E-state index contributed by atoms with van der Waals surface area (Å²) >= 11 is 0. The van der Waals surface area contributed by atoms with E-state index in [0.717, 1.165) is 18.5 Å². The minimum atomic E-state index is -0.334. The molecule has 1 N–H and O–H groups in total. The summed E-state index contributed by atoms with van der Waals surface area (Å²) < 4.78 is 18.7. The SMILES string of the molecule is CCNC(c1cccc(CC)c1)c1ccc(F)c(OC)c1. The predicted octanol–water partition coefficient (Wildman–Crippen LogP) is 4.10. The molecule has 0 saturated carbocycles. The monoisotopic (exact) mass is 287 g/mol. The van der Waals surface area contributed by atoms with Gasteiger partial charge >= 0.3 is 0 Å². The third-order valence-corrected chi connectivity index (χ3v) is 3.61. The number of benzene rings is 2. The van der Waals surface area contributed by atoms with Crippen molar-refractivity contribution in [1.29, 1.82) is 0 Å². The quantitative estimate of drug-likeness (QED) is 0.864. The topological polar surface area (TPSA) is 21.3 Å². The zero-order valence-corrected chi connectivity index (χ0v) is 12.8. The number of halogens is 1. The van der Waals surface area contributed by atoms with Crippen molar-refractivity contribution in [3.05, 3.63) is 65.0 Å². The van der Waals surface area contributed by atoms with E-state index in [1.807, 2.05) is 6.07 Å². The summed E-state index contributed by atoms with van der Waals surface area (Å²) in [5.74, 6) is -0.0548. The van der Waals surface area contributed by atoms with Crippen molar-refractivity contribution < 1.29 is 9.13 Å². The van der Waals surface area contributed by atoms with Gasteiger partial charge < -0.3 is 10.1 Å². The Labute approximate surface area is 126 Å². The largest absolute Gasteiger partial charge is 0.494 e. The van der Waals surface area contributed by atoms with Crippen LogP contribution in [0.4, 0.5) is 4.39 Å². The zero-order valence-electron chi connectivity index (χ0n) is 12.8. The van der Waals surface area contributed by atoms with Crippen LogP contribution in [-0.4, -0.2) is 13.7 Å². The first-order valence-corrected chi connectivity index (χ1v) is 7.35. The van der Waals surface area contributed by atoms with Gasteiger partial charge in [-0.05, 0) is 41.8 Å². The number of hydrogen-bond acceptors (Lipinski definition) is 2. The highest BCUT2D eigenvalue weighted by atomic mass is 19.1. The maximum absolute atomic E-state index is 13.6. The summed E-state index contributed by atoms with van der Waals surface area (Å²) in [5, 5.41) is 3.46. The minimum absolute atomic E-state index is 0.0380. The van der Waals surface area contributed by atoms with Crippen molar-refractivity contribution in [1.82, 2.24) is 5.32 Å². The number of hydrogen-bond donors (Lipinski definition) is 1. The molecule has 0 amide bonds. The maximum Gasteiger partial charge on any atom is 0.165 e. The summed E-state index contributed by atoms with van der Waals surface area (Å²) in [6.45, 7) is 5.04. The standard InChI is InChI=1S/C18H22FNO/c1-4-13-7-6-8-14(11-13)18(20-5-2)15-9-10-16(19)17(12-15)21-3/h6-12,18,20H,4-5H2,1-3H3. The van der Waals surface area contributed by atoms with Crippen molar-refractivity contribution in [2.24, 2.45) is 0 Å². The molecule has 0 aromatic heterocycles. The van der Waals surface area contributed by atoms with Crippen molar-refractivity contribution in [3.8, 4) is 5.75 Å². The highest BCUT2D eigenvalue weighted by Crippen LogP contribution is 2.27. The minimum Gasteiger partial charge on any atom is -0.494 e. The van der Waals surface area contributed by atoms with Gasteiger partial charge in [-0.25, -0.2) is 4.39 Å². The van der Waals surface area contributed by atoms with Gasteiger partial charge in [0, 0.05) is 0 Å². The summed E-state index contributed by atoms with van der Waals surface area (Å²) in [6.07, 6.45) is 0.999. The van der Waals surface area contributed by atoms with E-state index in [2.05, 4.69) is 43.4 Å². The number of aryl methyl sites for hydroxylation is 1. The third-order valence-electron chi connectivity index (χ3n) is 3.61. The first kappa shape index (κ1) is 15.5. The van der Waals surface area contributed by atoms with Crippen LogP contribution in [0.25, 0.3) is 0 Å². The van der Waals surface area contributed by atoms with Crippen molar-refractivity contribution in [3.63, 3.8) is 0 Å². The van der Waals surface area contributed by atoms with Crippen LogP contribution < -0.4 is 10.1 Å². The zero-order chi connectivity index (χ0) is 15.2. The molecule has 21 heavy (non-hydrogen) atoms. The molecule has 0 fully saturated rings. The van der Waals surface area contributed by atoms with Gasteiger partial charge in [0.2, 0.25) is 0 Å². The number of ether oxygens (including phenoxy) is 1. The first-order chi connectivity index (χ1) is 10.2. The second kappa shape index (κ2) is 7.23. The molecule has 2 aromatic rings. The van der Waals surface area contributed by atoms with E-state index in [-0.39, 0.29) is 17.6 Å². The lowest BCUT2D eigenvalue weighted by molar-refractivity contribution is 0.385. The first-order valence-electron chi connectivity index (χ1n) is 7.35. The van der Waals surface area contributed by atoms with E-state index in [0.29, 0.717) is 0 Å². The van der Waals surface area contributed by atoms with Crippen LogP contribution in [0.3, 0.4) is 0 Å². The van der Waals surface area contributed by atoms with Gasteiger partial charge in [-0.3, -0.25) is 0 Å². The predicted molar refractivity (Wildman–Crippen MR) is 84.3 cm³/mol. The van der Waals surface area contributed by atoms with Gasteiger partial charge in [0.1, 0.15) is 0 Å². The Hall–Kier alpha value is -1.87. The van der Waals surface area contributed by atoms with Gasteiger partial charge in [0.15, 0.2) is 11.6 Å². The fraction of sp³-hybridized carbons (Fsp3) is 0.333. The fourth-order valence-electron chi connectivity index (χ4n) is 2.48. The van der Waals surface area contributed by atoms with E-state index in [1.165, 1.54) is 24.3 Å². The van der Waals surface area contributed by atoms with E-state index >= 15 is 0 Å². The van der Waals surface area contributed by atoms with E-state index in [1.54, 1.807) is 6.07 Å². The molecule has 0 bridgehead atoms. The molecule has 2 aromatic carbocycles. The average molecular weight is 287 g/mol. The molecule has 2 rings (SSSR count). The second-order valence-corrected chi connectivity index (χ2v) is 4.98. The fourth-order valence-corrected chi connectivity index (χ4v) is 2.48. The molecule has 0 aliphatic rings. The second-order valence-electron chi connectivity index (χ2n) is 4.98. The van der Waals surface area contributed by atoms with Gasteiger partial charge in [-0.15, -0.1) is 0 Å². The molecule has 3 heteroatoms. The Morgan fingerprint density at radius 1 is 1.10 bits per heavy atom. The normalized spacial score (nSPS) is 12.2. The van der Waals surface area contributed by atoms with Crippen LogP contribution in [-0.2, 0) is 6.42 Å². The van der Waals surface area contributed by atoms with Gasteiger partial charge in [0.25, 0.3) is 0 Å².